The SMILES string of the molecule is Cc1cc(NC(=O)N2CCCC(N3CCCC3=O)CC2)cc2[nH]ncc12. The zero-order chi connectivity index (χ0) is 18.1. The summed E-state index contributed by atoms with van der Waals surface area (Å²) in [6, 6.07) is 4.10. The lowest BCUT2D eigenvalue weighted by atomic mass is 10.1. The molecule has 0 bridgehead atoms. The second kappa shape index (κ2) is 6.97. The number of aryl methyl sites for hydroxylation is 1. The number of aromatic amines is 1. The number of H-pyrrole nitrogens is 1. The van der Waals surface area contributed by atoms with E-state index >= 15 is 0 Å². The molecule has 2 aliphatic heterocycles. The van der Waals surface area contributed by atoms with Crippen LogP contribution in [0.15, 0.2) is 18.3 Å². The van der Waals surface area contributed by atoms with Crippen molar-refractivity contribution in [3.63, 3.8) is 0 Å². The number of anilines is 1. The van der Waals surface area contributed by atoms with Gasteiger partial charge in [0.15, 0.2) is 0 Å². The molecule has 2 N–H and O–H groups in total. The fourth-order valence-electron chi connectivity index (χ4n) is 4.15. The summed E-state index contributed by atoms with van der Waals surface area (Å²) in [6.45, 7) is 4.30. The van der Waals surface area contributed by atoms with Crippen LogP contribution in [-0.4, -0.2) is 57.6 Å². The number of nitrogens with zero attached hydrogens (tertiary/aromatic N) is 3. The van der Waals surface area contributed by atoms with Crippen molar-refractivity contribution in [1.82, 2.24) is 20.0 Å². The first-order valence-electron chi connectivity index (χ1n) is 9.41. The maximum atomic E-state index is 12.7. The molecule has 0 aliphatic carbocycles. The van der Waals surface area contributed by atoms with Gasteiger partial charge in [0.25, 0.3) is 0 Å². The van der Waals surface area contributed by atoms with Crippen molar-refractivity contribution in [2.24, 2.45) is 0 Å². The fourth-order valence-corrected chi connectivity index (χ4v) is 4.15. The minimum Gasteiger partial charge on any atom is -0.340 e. The number of rotatable bonds is 2. The number of amides is 3. The van der Waals surface area contributed by atoms with Gasteiger partial charge < -0.3 is 15.1 Å². The Balaban J connectivity index is 1.40. The van der Waals surface area contributed by atoms with E-state index in [9.17, 15) is 9.59 Å². The number of carbonyl (C=O) groups excluding carboxylic acids is 2. The predicted octanol–water partition coefficient (Wildman–Crippen LogP) is 2.88. The van der Waals surface area contributed by atoms with Gasteiger partial charge in [-0.05, 0) is 50.3 Å². The number of benzene rings is 1. The number of carbonyl (C=O) groups is 2. The molecule has 7 nitrogen and oxygen atoms in total. The van der Waals surface area contributed by atoms with Gasteiger partial charge in [0.05, 0.1) is 11.7 Å². The Labute approximate surface area is 152 Å². The molecule has 26 heavy (non-hydrogen) atoms. The first-order chi connectivity index (χ1) is 12.6. The number of nitrogens with one attached hydrogen (secondary N) is 2. The summed E-state index contributed by atoms with van der Waals surface area (Å²) >= 11 is 0. The van der Waals surface area contributed by atoms with Gasteiger partial charge in [-0.3, -0.25) is 9.89 Å². The van der Waals surface area contributed by atoms with Crippen LogP contribution in [0.4, 0.5) is 10.5 Å². The van der Waals surface area contributed by atoms with Crippen molar-refractivity contribution in [2.45, 2.75) is 45.1 Å². The van der Waals surface area contributed by atoms with Gasteiger partial charge in [-0.2, -0.15) is 5.10 Å². The van der Waals surface area contributed by atoms with Gasteiger partial charge >= 0.3 is 6.03 Å². The molecule has 2 aliphatic rings. The zero-order valence-electron chi connectivity index (χ0n) is 15.1. The first-order valence-corrected chi connectivity index (χ1v) is 9.41. The van der Waals surface area contributed by atoms with E-state index < -0.39 is 0 Å². The Morgan fingerprint density at radius 2 is 2.12 bits per heavy atom. The van der Waals surface area contributed by atoms with Crippen LogP contribution in [0.5, 0.6) is 0 Å². The first kappa shape index (κ1) is 16.9. The number of hydrogen-bond acceptors (Lipinski definition) is 3. The summed E-state index contributed by atoms with van der Waals surface area (Å²) in [5.41, 5.74) is 2.78. The molecular formula is C19H25N5O2. The topological polar surface area (TPSA) is 81.3 Å². The largest absolute Gasteiger partial charge is 0.340 e. The maximum Gasteiger partial charge on any atom is 0.321 e. The average Bonchev–Trinajstić information content (AvgIpc) is 3.18. The van der Waals surface area contributed by atoms with Crippen LogP contribution in [-0.2, 0) is 4.79 Å². The smallest absolute Gasteiger partial charge is 0.321 e. The molecule has 2 aromatic rings. The summed E-state index contributed by atoms with van der Waals surface area (Å²) in [4.78, 5) is 28.6. The number of aromatic nitrogens is 2. The summed E-state index contributed by atoms with van der Waals surface area (Å²) in [6.07, 6.45) is 6.21. The molecule has 138 valence electrons. The quantitative estimate of drug-likeness (QED) is 0.869. The molecule has 3 amide bonds. The van der Waals surface area contributed by atoms with E-state index in [0.717, 1.165) is 60.9 Å². The van der Waals surface area contributed by atoms with Gasteiger partial charge in [-0.1, -0.05) is 0 Å². The molecule has 4 rings (SSSR count). The van der Waals surface area contributed by atoms with E-state index in [2.05, 4.69) is 15.5 Å². The molecule has 3 heterocycles. The third-order valence-electron chi connectivity index (χ3n) is 5.55. The van der Waals surface area contributed by atoms with Crippen LogP contribution < -0.4 is 5.32 Å². The molecule has 1 unspecified atom stereocenters. The van der Waals surface area contributed by atoms with Gasteiger partial charge in [-0.15, -0.1) is 0 Å². The molecule has 2 saturated heterocycles. The summed E-state index contributed by atoms with van der Waals surface area (Å²) < 4.78 is 0. The molecule has 2 fully saturated rings. The van der Waals surface area contributed by atoms with Crippen molar-refractivity contribution in [3.05, 3.63) is 23.9 Å². The van der Waals surface area contributed by atoms with Crippen LogP contribution in [0.3, 0.4) is 0 Å². The van der Waals surface area contributed by atoms with E-state index in [1.807, 2.05) is 28.9 Å². The fraction of sp³-hybridized carbons (Fsp3) is 0.526. The highest BCUT2D eigenvalue weighted by Crippen LogP contribution is 2.24. The summed E-state index contributed by atoms with van der Waals surface area (Å²) in [7, 11) is 0. The van der Waals surface area contributed by atoms with Gasteiger partial charge in [0, 0.05) is 43.2 Å². The van der Waals surface area contributed by atoms with Crippen molar-refractivity contribution >= 4 is 28.5 Å². The standard InChI is InChI=1S/C19H25N5O2/c1-13-10-14(11-17-16(13)12-20-22-17)21-19(26)23-7-2-4-15(6-9-23)24-8-3-5-18(24)25/h10-12,15H,2-9H2,1H3,(H,20,22)(H,21,26). The Hall–Kier alpha value is -2.57. The predicted molar refractivity (Wildman–Crippen MR) is 100 cm³/mol. The highest BCUT2D eigenvalue weighted by molar-refractivity contribution is 5.93. The third kappa shape index (κ3) is 3.25. The summed E-state index contributed by atoms with van der Waals surface area (Å²) in [5.74, 6) is 0.274. The molecule has 1 aromatic carbocycles. The highest BCUT2D eigenvalue weighted by Gasteiger charge is 2.30. The highest BCUT2D eigenvalue weighted by atomic mass is 16.2. The average molecular weight is 355 g/mol. The van der Waals surface area contributed by atoms with Gasteiger partial charge in [-0.25, -0.2) is 4.79 Å². The number of urea groups is 1. The minimum atomic E-state index is -0.0725. The molecule has 0 radical (unpaired) electrons. The lowest BCUT2D eigenvalue weighted by molar-refractivity contribution is -0.129. The van der Waals surface area contributed by atoms with Crippen LogP contribution in [0.25, 0.3) is 10.9 Å². The molecule has 0 saturated carbocycles. The van der Waals surface area contributed by atoms with Crippen molar-refractivity contribution in [2.75, 3.05) is 25.0 Å². The Kier molecular flexibility index (Phi) is 4.53. The van der Waals surface area contributed by atoms with Crippen molar-refractivity contribution in [3.8, 4) is 0 Å². The van der Waals surface area contributed by atoms with E-state index in [0.29, 0.717) is 13.0 Å². The van der Waals surface area contributed by atoms with Crippen LogP contribution in [0.1, 0.15) is 37.7 Å². The van der Waals surface area contributed by atoms with Gasteiger partial charge in [0.2, 0.25) is 5.91 Å². The number of likely N-dealkylation sites (tertiary alicyclic amines) is 2. The summed E-state index contributed by atoms with van der Waals surface area (Å²) in [5, 5.41) is 11.1. The minimum absolute atomic E-state index is 0.0725. The monoisotopic (exact) mass is 355 g/mol. The number of hydrogen-bond donors (Lipinski definition) is 2. The van der Waals surface area contributed by atoms with E-state index in [1.54, 1.807) is 6.20 Å². The number of fused-ring (bicyclic) bond motifs is 1. The molecule has 0 spiro atoms. The van der Waals surface area contributed by atoms with Crippen LogP contribution >= 0.6 is 0 Å². The lowest BCUT2D eigenvalue weighted by Crippen LogP contribution is -2.38. The normalized spacial score (nSPS) is 21.3. The van der Waals surface area contributed by atoms with Crippen molar-refractivity contribution < 1.29 is 9.59 Å². The van der Waals surface area contributed by atoms with E-state index in [-0.39, 0.29) is 18.0 Å². The van der Waals surface area contributed by atoms with E-state index in [1.165, 1.54) is 0 Å². The van der Waals surface area contributed by atoms with Gasteiger partial charge in [0.1, 0.15) is 0 Å². The van der Waals surface area contributed by atoms with E-state index in [4.69, 9.17) is 0 Å². The Morgan fingerprint density at radius 3 is 2.92 bits per heavy atom. The third-order valence-corrected chi connectivity index (χ3v) is 5.55. The molecule has 1 aromatic heterocycles. The molecule has 1 atom stereocenters. The van der Waals surface area contributed by atoms with Crippen LogP contribution in [0, 0.1) is 6.92 Å². The second-order valence-electron chi connectivity index (χ2n) is 7.32. The lowest BCUT2D eigenvalue weighted by Gasteiger charge is -2.27. The van der Waals surface area contributed by atoms with Crippen molar-refractivity contribution in [1.29, 1.82) is 0 Å². The Bertz CT molecular complexity index is 830. The van der Waals surface area contributed by atoms with Crippen LogP contribution in [0.2, 0.25) is 0 Å². The molecular weight excluding hydrogens is 330 g/mol. The maximum absolute atomic E-state index is 12.7. The second-order valence-corrected chi connectivity index (χ2v) is 7.32. The zero-order valence-corrected chi connectivity index (χ0v) is 15.1. The molecule has 7 heteroatoms. The Morgan fingerprint density at radius 1 is 1.23 bits per heavy atom.